The van der Waals surface area contributed by atoms with E-state index in [9.17, 15) is 0 Å². The summed E-state index contributed by atoms with van der Waals surface area (Å²) in [5.74, 6) is 0.862. The lowest BCUT2D eigenvalue weighted by molar-refractivity contribution is 0.340. The molecule has 1 fully saturated rings. The molecule has 5 nitrogen and oxygen atoms in total. The molecule has 0 saturated carbocycles. The lowest BCUT2D eigenvalue weighted by Crippen LogP contribution is -2.29. The predicted molar refractivity (Wildman–Crippen MR) is 125 cm³/mol. The molecule has 6 heteroatoms. The standard InChI is InChI=1S/C24H28N4OS/c1-5-27-16(3)15-20(17(27)4)23-22(21-9-7-8-14-25-21)26-24(30)28(23)18-10-12-19(13-11-18)29-6-2/h7-15,22-23H,5-6H2,1-4H3,(H,26,30). The number of thiocarbonyl (C=S) groups is 1. The number of aryl methyl sites for hydroxylation is 1. The first-order chi connectivity index (χ1) is 14.5. The minimum absolute atomic E-state index is 0.0110. The van der Waals surface area contributed by atoms with E-state index in [4.69, 9.17) is 17.0 Å². The number of hydrogen-bond donors (Lipinski definition) is 1. The molecule has 3 heterocycles. The summed E-state index contributed by atoms with van der Waals surface area (Å²) in [6.07, 6.45) is 1.84. The Balaban J connectivity index is 1.82. The molecule has 0 spiro atoms. The molecule has 0 radical (unpaired) electrons. The molecule has 1 aromatic carbocycles. The van der Waals surface area contributed by atoms with E-state index in [-0.39, 0.29) is 12.1 Å². The van der Waals surface area contributed by atoms with Crippen LogP contribution in [0.3, 0.4) is 0 Å². The van der Waals surface area contributed by atoms with Gasteiger partial charge in [0.05, 0.1) is 24.4 Å². The fourth-order valence-electron chi connectivity index (χ4n) is 4.43. The molecule has 4 rings (SSSR count). The number of rotatable bonds is 6. The van der Waals surface area contributed by atoms with E-state index >= 15 is 0 Å². The van der Waals surface area contributed by atoms with Crippen molar-refractivity contribution >= 4 is 23.0 Å². The van der Waals surface area contributed by atoms with Gasteiger partial charge in [-0.25, -0.2) is 0 Å². The molecular weight excluding hydrogens is 392 g/mol. The Morgan fingerprint density at radius 3 is 2.47 bits per heavy atom. The molecule has 1 aliphatic rings. The van der Waals surface area contributed by atoms with Crippen LogP contribution < -0.4 is 15.0 Å². The zero-order valence-electron chi connectivity index (χ0n) is 17.9. The van der Waals surface area contributed by atoms with Gasteiger partial charge in [-0.15, -0.1) is 0 Å². The molecular formula is C24H28N4OS. The van der Waals surface area contributed by atoms with Crippen LogP contribution in [0.2, 0.25) is 0 Å². The lowest BCUT2D eigenvalue weighted by atomic mass is 9.96. The average molecular weight is 421 g/mol. The molecule has 2 atom stereocenters. The highest BCUT2D eigenvalue weighted by Gasteiger charge is 2.42. The van der Waals surface area contributed by atoms with E-state index in [0.717, 1.165) is 23.7 Å². The monoisotopic (exact) mass is 420 g/mol. The van der Waals surface area contributed by atoms with Gasteiger partial charge < -0.3 is 19.5 Å². The minimum atomic E-state index is -0.0314. The number of anilines is 1. The summed E-state index contributed by atoms with van der Waals surface area (Å²) >= 11 is 5.82. The number of aromatic nitrogens is 2. The Morgan fingerprint density at radius 2 is 1.87 bits per heavy atom. The Morgan fingerprint density at radius 1 is 1.10 bits per heavy atom. The predicted octanol–water partition coefficient (Wildman–Crippen LogP) is 5.10. The van der Waals surface area contributed by atoms with E-state index in [1.165, 1.54) is 17.0 Å². The van der Waals surface area contributed by atoms with Gasteiger partial charge in [0.2, 0.25) is 0 Å². The van der Waals surface area contributed by atoms with Gasteiger partial charge in [0, 0.05) is 29.8 Å². The van der Waals surface area contributed by atoms with Gasteiger partial charge in [0.1, 0.15) is 5.75 Å². The van der Waals surface area contributed by atoms with E-state index in [1.54, 1.807) is 0 Å². The molecule has 2 aromatic heterocycles. The van der Waals surface area contributed by atoms with Crippen LogP contribution in [-0.2, 0) is 6.54 Å². The van der Waals surface area contributed by atoms with Gasteiger partial charge >= 0.3 is 0 Å². The molecule has 1 aliphatic heterocycles. The zero-order valence-corrected chi connectivity index (χ0v) is 18.7. The largest absolute Gasteiger partial charge is 0.494 e. The van der Waals surface area contributed by atoms with Crippen LogP contribution >= 0.6 is 12.2 Å². The molecule has 3 aromatic rings. The van der Waals surface area contributed by atoms with Crippen LogP contribution in [0.5, 0.6) is 5.75 Å². The van der Waals surface area contributed by atoms with Gasteiger partial charge in [-0.05, 0) is 87.9 Å². The summed E-state index contributed by atoms with van der Waals surface area (Å²) in [5.41, 5.74) is 5.82. The molecule has 0 bridgehead atoms. The normalized spacial score (nSPS) is 18.5. The first kappa shape index (κ1) is 20.4. The summed E-state index contributed by atoms with van der Waals surface area (Å²) in [6, 6.07) is 16.5. The van der Waals surface area contributed by atoms with Crippen molar-refractivity contribution in [2.45, 2.75) is 46.3 Å². The molecule has 0 amide bonds. The van der Waals surface area contributed by atoms with Crippen molar-refractivity contribution in [1.82, 2.24) is 14.9 Å². The van der Waals surface area contributed by atoms with Crippen LogP contribution in [0.4, 0.5) is 5.69 Å². The van der Waals surface area contributed by atoms with Gasteiger partial charge in [-0.2, -0.15) is 0 Å². The Kier molecular flexibility index (Phi) is 5.77. The second-order valence-corrected chi connectivity index (χ2v) is 7.88. The fourth-order valence-corrected chi connectivity index (χ4v) is 4.78. The van der Waals surface area contributed by atoms with E-state index in [1.807, 2.05) is 37.4 Å². The number of benzene rings is 1. The Labute approximate surface area is 183 Å². The minimum Gasteiger partial charge on any atom is -0.494 e. The van der Waals surface area contributed by atoms with E-state index in [0.29, 0.717) is 11.7 Å². The fraction of sp³-hybridized carbons (Fsp3) is 0.333. The SMILES string of the molecule is CCOc1ccc(N2C(=S)NC(c3ccccn3)C2c2cc(C)n(CC)c2C)cc1. The summed E-state index contributed by atoms with van der Waals surface area (Å²) in [7, 11) is 0. The molecule has 0 aliphatic carbocycles. The van der Waals surface area contributed by atoms with Gasteiger partial charge in [0.25, 0.3) is 0 Å². The van der Waals surface area contributed by atoms with Crippen LogP contribution in [0, 0.1) is 13.8 Å². The third-order valence-electron chi connectivity index (χ3n) is 5.77. The lowest BCUT2D eigenvalue weighted by Gasteiger charge is -2.28. The molecule has 30 heavy (non-hydrogen) atoms. The van der Waals surface area contributed by atoms with Crippen molar-refractivity contribution in [3.63, 3.8) is 0 Å². The van der Waals surface area contributed by atoms with Crippen LogP contribution in [0.25, 0.3) is 0 Å². The highest BCUT2D eigenvalue weighted by atomic mass is 32.1. The first-order valence-corrected chi connectivity index (χ1v) is 10.9. The Hall–Kier alpha value is -2.86. The smallest absolute Gasteiger partial charge is 0.174 e. The number of hydrogen-bond acceptors (Lipinski definition) is 3. The highest BCUT2D eigenvalue weighted by Crippen LogP contribution is 2.43. The van der Waals surface area contributed by atoms with Crippen molar-refractivity contribution in [3.05, 3.63) is 77.4 Å². The van der Waals surface area contributed by atoms with Crippen LogP contribution in [-0.4, -0.2) is 21.3 Å². The first-order valence-electron chi connectivity index (χ1n) is 10.4. The number of pyridine rings is 1. The molecule has 2 unspecified atom stereocenters. The summed E-state index contributed by atoms with van der Waals surface area (Å²) in [5, 5.41) is 4.24. The molecule has 1 N–H and O–H groups in total. The second-order valence-electron chi connectivity index (χ2n) is 7.49. The maximum Gasteiger partial charge on any atom is 0.174 e. The van der Waals surface area contributed by atoms with E-state index < -0.39 is 0 Å². The molecule has 156 valence electrons. The summed E-state index contributed by atoms with van der Waals surface area (Å²) in [4.78, 5) is 6.86. The van der Waals surface area contributed by atoms with Crippen molar-refractivity contribution in [1.29, 1.82) is 0 Å². The van der Waals surface area contributed by atoms with Gasteiger partial charge in [-0.1, -0.05) is 6.07 Å². The average Bonchev–Trinajstić information content (AvgIpc) is 3.24. The van der Waals surface area contributed by atoms with Crippen LogP contribution in [0.15, 0.2) is 54.7 Å². The maximum absolute atomic E-state index is 5.82. The quantitative estimate of drug-likeness (QED) is 0.562. The highest BCUT2D eigenvalue weighted by molar-refractivity contribution is 7.80. The van der Waals surface area contributed by atoms with Crippen molar-refractivity contribution in [2.75, 3.05) is 11.5 Å². The molecule has 1 saturated heterocycles. The van der Waals surface area contributed by atoms with Gasteiger partial charge in [0.15, 0.2) is 5.11 Å². The van der Waals surface area contributed by atoms with Gasteiger partial charge in [-0.3, -0.25) is 4.98 Å². The Bertz CT molecular complexity index is 1030. The third kappa shape index (κ3) is 3.56. The number of ether oxygens (including phenoxy) is 1. The van der Waals surface area contributed by atoms with Crippen molar-refractivity contribution < 1.29 is 4.74 Å². The van der Waals surface area contributed by atoms with E-state index in [2.05, 4.69) is 64.8 Å². The van der Waals surface area contributed by atoms with Crippen molar-refractivity contribution in [2.24, 2.45) is 0 Å². The zero-order chi connectivity index (χ0) is 21.3. The summed E-state index contributed by atoms with van der Waals surface area (Å²) in [6.45, 7) is 10.1. The second kappa shape index (κ2) is 8.48. The maximum atomic E-state index is 5.82. The number of nitrogens with one attached hydrogen (secondary N) is 1. The third-order valence-corrected chi connectivity index (χ3v) is 6.09. The number of nitrogens with zero attached hydrogens (tertiary/aromatic N) is 3. The van der Waals surface area contributed by atoms with Crippen LogP contribution in [0.1, 0.15) is 48.6 Å². The topological polar surface area (TPSA) is 42.3 Å². The van der Waals surface area contributed by atoms with Crippen molar-refractivity contribution in [3.8, 4) is 5.75 Å². The summed E-state index contributed by atoms with van der Waals surface area (Å²) < 4.78 is 7.97.